The molecule has 1 atom stereocenters. The second-order valence-corrected chi connectivity index (χ2v) is 6.05. The molecular weight excluding hydrogens is 228 g/mol. The minimum Gasteiger partial charge on any atom is -0.338 e. The van der Waals surface area contributed by atoms with Crippen LogP contribution in [0.15, 0.2) is 0 Å². The molecule has 15 heavy (non-hydrogen) atoms. The first-order valence-electron chi connectivity index (χ1n) is 5.52. The fraction of sp³-hybridized carbons (Fsp3) is 0.900. The number of rotatable bonds is 6. The molecule has 1 saturated heterocycles. The first-order valence-corrected chi connectivity index (χ1v) is 7.83. The molecule has 1 rings (SSSR count). The molecule has 0 spiro atoms. The van der Waals surface area contributed by atoms with Crippen LogP contribution in [0.4, 0.5) is 4.79 Å². The van der Waals surface area contributed by atoms with Crippen LogP contribution in [0.5, 0.6) is 0 Å². The highest BCUT2D eigenvalue weighted by molar-refractivity contribution is 7.99. The molecule has 5 heteroatoms. The number of urea groups is 1. The van der Waals surface area contributed by atoms with Gasteiger partial charge >= 0.3 is 6.03 Å². The van der Waals surface area contributed by atoms with Gasteiger partial charge in [-0.05, 0) is 30.1 Å². The highest BCUT2D eigenvalue weighted by Gasteiger charge is 2.16. The van der Waals surface area contributed by atoms with Crippen LogP contribution in [0.25, 0.3) is 0 Å². The van der Waals surface area contributed by atoms with Crippen molar-refractivity contribution in [2.24, 2.45) is 0 Å². The molecule has 0 aromatic rings. The minimum absolute atomic E-state index is 0.00370. The van der Waals surface area contributed by atoms with Crippen LogP contribution < -0.4 is 10.6 Å². The molecular formula is C10H20N2OS2. The fourth-order valence-corrected chi connectivity index (χ4v) is 3.19. The number of amides is 2. The predicted octanol–water partition coefficient (Wildman–Crippen LogP) is 1.93. The molecule has 0 radical (unpaired) electrons. The third-order valence-corrected chi connectivity index (χ3v) is 4.37. The van der Waals surface area contributed by atoms with Gasteiger partial charge in [0.05, 0.1) is 0 Å². The third kappa shape index (κ3) is 6.20. The topological polar surface area (TPSA) is 41.1 Å². The van der Waals surface area contributed by atoms with Gasteiger partial charge in [-0.1, -0.05) is 6.92 Å². The van der Waals surface area contributed by atoms with E-state index in [2.05, 4.69) is 17.6 Å². The van der Waals surface area contributed by atoms with Crippen LogP contribution in [0.3, 0.4) is 0 Å². The van der Waals surface area contributed by atoms with E-state index in [4.69, 9.17) is 0 Å². The lowest BCUT2D eigenvalue weighted by Crippen LogP contribution is -2.42. The Morgan fingerprint density at radius 2 is 2.47 bits per heavy atom. The smallest absolute Gasteiger partial charge is 0.315 e. The second-order valence-electron chi connectivity index (χ2n) is 3.51. The van der Waals surface area contributed by atoms with E-state index in [1.54, 1.807) is 0 Å². The molecule has 0 aliphatic carbocycles. The Labute approximate surface area is 101 Å². The molecule has 0 aromatic carbocycles. The van der Waals surface area contributed by atoms with E-state index in [-0.39, 0.29) is 6.03 Å². The first kappa shape index (κ1) is 13.0. The summed E-state index contributed by atoms with van der Waals surface area (Å²) in [5, 5.41) is 5.89. The van der Waals surface area contributed by atoms with Crippen LogP contribution in [-0.2, 0) is 0 Å². The Bertz CT molecular complexity index is 184. The maximum atomic E-state index is 11.4. The van der Waals surface area contributed by atoms with Crippen molar-refractivity contribution in [2.45, 2.75) is 25.8 Å². The van der Waals surface area contributed by atoms with Crippen molar-refractivity contribution in [1.82, 2.24) is 10.6 Å². The lowest BCUT2D eigenvalue weighted by atomic mass is 10.3. The van der Waals surface area contributed by atoms with Crippen molar-refractivity contribution in [3.63, 3.8) is 0 Å². The quantitative estimate of drug-likeness (QED) is 0.706. The summed E-state index contributed by atoms with van der Waals surface area (Å²) in [6, 6.07) is 0.393. The van der Waals surface area contributed by atoms with Crippen molar-refractivity contribution < 1.29 is 4.79 Å². The zero-order valence-corrected chi connectivity index (χ0v) is 10.9. The minimum atomic E-state index is 0.00370. The van der Waals surface area contributed by atoms with Gasteiger partial charge in [0.1, 0.15) is 0 Å². The average molecular weight is 248 g/mol. The molecule has 2 N–H and O–H groups in total. The van der Waals surface area contributed by atoms with E-state index in [1.165, 1.54) is 5.75 Å². The standard InChI is InChI=1S/C10H20N2OS2/c1-2-14-6-3-5-11-10(13)12-9-4-7-15-8-9/h9H,2-8H2,1H3,(H2,11,12,13)/t9-/m1/s1. The summed E-state index contributed by atoms with van der Waals surface area (Å²) in [6.45, 7) is 2.95. The van der Waals surface area contributed by atoms with Crippen molar-refractivity contribution in [2.75, 3.05) is 29.6 Å². The maximum absolute atomic E-state index is 11.4. The van der Waals surface area contributed by atoms with Gasteiger partial charge < -0.3 is 10.6 Å². The van der Waals surface area contributed by atoms with Gasteiger partial charge in [-0.15, -0.1) is 0 Å². The monoisotopic (exact) mass is 248 g/mol. The number of carbonyl (C=O) groups excluding carboxylic acids is 1. The predicted molar refractivity (Wildman–Crippen MR) is 69.9 cm³/mol. The second kappa shape index (κ2) is 8.16. The van der Waals surface area contributed by atoms with Gasteiger partial charge in [0, 0.05) is 18.3 Å². The molecule has 0 unspecified atom stereocenters. The van der Waals surface area contributed by atoms with Gasteiger partial charge in [0.25, 0.3) is 0 Å². The van der Waals surface area contributed by atoms with Gasteiger partial charge in [-0.25, -0.2) is 4.79 Å². The Kier molecular flexibility index (Phi) is 7.09. The first-order chi connectivity index (χ1) is 7.33. The van der Waals surface area contributed by atoms with Crippen molar-refractivity contribution in [3.8, 4) is 0 Å². The summed E-state index contributed by atoms with van der Waals surface area (Å²) >= 11 is 3.83. The van der Waals surface area contributed by atoms with Crippen LogP contribution in [0.1, 0.15) is 19.8 Å². The molecule has 88 valence electrons. The van der Waals surface area contributed by atoms with Gasteiger partial charge in [-0.3, -0.25) is 0 Å². The maximum Gasteiger partial charge on any atom is 0.315 e. The third-order valence-electron chi connectivity index (χ3n) is 2.22. The summed E-state index contributed by atoms with van der Waals surface area (Å²) in [5.74, 6) is 4.54. The summed E-state index contributed by atoms with van der Waals surface area (Å²) in [4.78, 5) is 11.4. The van der Waals surface area contributed by atoms with Gasteiger partial charge in [0.15, 0.2) is 0 Å². The number of carbonyl (C=O) groups is 1. The van der Waals surface area contributed by atoms with Crippen LogP contribution in [-0.4, -0.2) is 41.6 Å². The Balaban J connectivity index is 1.93. The van der Waals surface area contributed by atoms with Crippen LogP contribution >= 0.6 is 23.5 Å². The highest BCUT2D eigenvalue weighted by Crippen LogP contribution is 2.16. The lowest BCUT2D eigenvalue weighted by molar-refractivity contribution is 0.238. The summed E-state index contributed by atoms with van der Waals surface area (Å²) in [5.41, 5.74) is 0. The zero-order chi connectivity index (χ0) is 10.9. The molecule has 0 saturated carbocycles. The van der Waals surface area contributed by atoms with E-state index in [0.717, 1.165) is 36.6 Å². The van der Waals surface area contributed by atoms with E-state index < -0.39 is 0 Å². The molecule has 1 heterocycles. The van der Waals surface area contributed by atoms with Crippen LogP contribution in [0, 0.1) is 0 Å². The normalized spacial score (nSPS) is 20.2. The molecule has 1 aliphatic rings. The lowest BCUT2D eigenvalue weighted by Gasteiger charge is -2.12. The van der Waals surface area contributed by atoms with Crippen molar-refractivity contribution >= 4 is 29.6 Å². The Morgan fingerprint density at radius 1 is 1.60 bits per heavy atom. The number of hydrogen-bond donors (Lipinski definition) is 2. The molecule has 0 aromatic heterocycles. The summed E-state index contributed by atoms with van der Waals surface area (Å²) < 4.78 is 0. The average Bonchev–Trinajstić information content (AvgIpc) is 2.70. The fourth-order valence-electron chi connectivity index (χ4n) is 1.41. The van der Waals surface area contributed by atoms with Gasteiger partial charge in [-0.2, -0.15) is 23.5 Å². The Morgan fingerprint density at radius 3 is 3.13 bits per heavy atom. The highest BCUT2D eigenvalue weighted by atomic mass is 32.2. The number of nitrogens with one attached hydrogen (secondary N) is 2. The largest absolute Gasteiger partial charge is 0.338 e. The van der Waals surface area contributed by atoms with E-state index >= 15 is 0 Å². The SMILES string of the molecule is CCSCCCNC(=O)N[C@@H]1CCSC1. The van der Waals surface area contributed by atoms with Gasteiger partial charge in [0.2, 0.25) is 0 Å². The molecule has 1 aliphatic heterocycles. The summed E-state index contributed by atoms with van der Waals surface area (Å²) in [6.07, 6.45) is 2.18. The van der Waals surface area contributed by atoms with E-state index in [0.29, 0.717) is 6.04 Å². The molecule has 1 fully saturated rings. The van der Waals surface area contributed by atoms with Crippen molar-refractivity contribution in [3.05, 3.63) is 0 Å². The Hall–Kier alpha value is -0.0300. The van der Waals surface area contributed by atoms with E-state index in [1.807, 2.05) is 23.5 Å². The van der Waals surface area contributed by atoms with Crippen LogP contribution in [0.2, 0.25) is 0 Å². The van der Waals surface area contributed by atoms with E-state index in [9.17, 15) is 4.79 Å². The van der Waals surface area contributed by atoms with Crippen molar-refractivity contribution in [1.29, 1.82) is 0 Å². The molecule has 0 bridgehead atoms. The zero-order valence-electron chi connectivity index (χ0n) is 9.25. The summed E-state index contributed by atoms with van der Waals surface area (Å²) in [7, 11) is 0. The number of thioether (sulfide) groups is 2. The number of hydrogen-bond acceptors (Lipinski definition) is 3. The molecule has 3 nitrogen and oxygen atoms in total. The molecule has 2 amide bonds.